The van der Waals surface area contributed by atoms with Crippen molar-refractivity contribution in [3.8, 4) is 0 Å². The standard InChI is InChI=1S/C27H28N4O2/c1-16-5-7-21-19(10-16)12-23(28-21)26(32)30-14-18-4-3-9-31(25(18)15-30)27(33)24-13-20-11-17(2)6-8-22(20)29-24/h5-8,10-13,18,25,28-29H,3-4,9,14-15H2,1-2H3/t18-,25+/m0/s1. The Morgan fingerprint density at radius 2 is 1.42 bits per heavy atom. The summed E-state index contributed by atoms with van der Waals surface area (Å²) in [5.41, 5.74) is 5.57. The lowest BCUT2D eigenvalue weighted by Crippen LogP contribution is -2.48. The summed E-state index contributed by atoms with van der Waals surface area (Å²) in [5, 5.41) is 2.12. The van der Waals surface area contributed by atoms with Crippen molar-refractivity contribution in [3.05, 3.63) is 71.0 Å². The van der Waals surface area contributed by atoms with E-state index < -0.39 is 0 Å². The molecule has 2 aromatic heterocycles. The first-order valence-electron chi connectivity index (χ1n) is 11.8. The number of nitrogens with zero attached hydrogens (tertiary/aromatic N) is 2. The molecule has 2 atom stereocenters. The minimum atomic E-state index is 0.0201. The molecule has 4 aromatic rings. The lowest BCUT2D eigenvalue weighted by Gasteiger charge is -2.36. The zero-order chi connectivity index (χ0) is 22.7. The van der Waals surface area contributed by atoms with Crippen LogP contribution in [0, 0.1) is 19.8 Å². The van der Waals surface area contributed by atoms with Crippen LogP contribution in [-0.2, 0) is 0 Å². The molecule has 2 aliphatic heterocycles. The number of nitrogens with one attached hydrogen (secondary N) is 2. The third-order valence-electron chi connectivity index (χ3n) is 7.34. The molecule has 0 saturated carbocycles. The zero-order valence-electron chi connectivity index (χ0n) is 19.0. The molecular formula is C27H28N4O2. The molecule has 0 bridgehead atoms. The average Bonchev–Trinajstić information content (AvgIpc) is 3.53. The Morgan fingerprint density at radius 1 is 0.818 bits per heavy atom. The van der Waals surface area contributed by atoms with Crippen molar-refractivity contribution < 1.29 is 9.59 Å². The molecule has 2 amide bonds. The SMILES string of the molecule is Cc1ccc2[nH]c(C(=O)N3C[C@@H]4CCCN(C(=O)c5cc6cc(C)ccc6[nH]5)[C@@H]4C3)cc2c1. The maximum atomic E-state index is 13.5. The Labute approximate surface area is 192 Å². The monoisotopic (exact) mass is 440 g/mol. The molecule has 2 aromatic carbocycles. The molecule has 0 aliphatic carbocycles. The van der Waals surface area contributed by atoms with Crippen molar-refractivity contribution in [2.45, 2.75) is 32.7 Å². The minimum absolute atomic E-state index is 0.0201. The number of hydrogen-bond acceptors (Lipinski definition) is 2. The van der Waals surface area contributed by atoms with Crippen LogP contribution in [0.1, 0.15) is 44.9 Å². The second kappa shape index (κ2) is 7.51. The summed E-state index contributed by atoms with van der Waals surface area (Å²) in [4.78, 5) is 37.3. The van der Waals surface area contributed by atoms with Gasteiger partial charge in [-0.2, -0.15) is 0 Å². The van der Waals surface area contributed by atoms with E-state index in [9.17, 15) is 9.59 Å². The highest BCUT2D eigenvalue weighted by Gasteiger charge is 2.43. The molecule has 6 nitrogen and oxygen atoms in total. The number of amides is 2. The van der Waals surface area contributed by atoms with Gasteiger partial charge in [-0.05, 0) is 69.0 Å². The first-order chi connectivity index (χ1) is 16.0. The van der Waals surface area contributed by atoms with Crippen molar-refractivity contribution >= 4 is 33.6 Å². The molecule has 2 fully saturated rings. The fourth-order valence-electron chi connectivity index (χ4n) is 5.66. The van der Waals surface area contributed by atoms with Crippen molar-refractivity contribution in [2.75, 3.05) is 19.6 Å². The lowest BCUT2D eigenvalue weighted by molar-refractivity contribution is 0.0559. The largest absolute Gasteiger partial charge is 0.351 e. The van der Waals surface area contributed by atoms with E-state index in [1.54, 1.807) is 0 Å². The molecule has 6 heteroatoms. The topological polar surface area (TPSA) is 72.2 Å². The fraction of sp³-hybridized carbons (Fsp3) is 0.333. The van der Waals surface area contributed by atoms with Crippen LogP contribution in [0.2, 0.25) is 0 Å². The number of carbonyl (C=O) groups is 2. The number of aromatic amines is 2. The summed E-state index contributed by atoms with van der Waals surface area (Å²) in [6, 6.07) is 16.3. The number of piperidine rings is 1. The van der Waals surface area contributed by atoms with Crippen LogP contribution in [0.4, 0.5) is 0 Å². The maximum Gasteiger partial charge on any atom is 0.270 e. The summed E-state index contributed by atoms with van der Waals surface area (Å²) < 4.78 is 0. The highest BCUT2D eigenvalue weighted by molar-refractivity contribution is 5.99. The van der Waals surface area contributed by atoms with Gasteiger partial charge in [0.2, 0.25) is 0 Å². The molecule has 6 rings (SSSR count). The Kier molecular flexibility index (Phi) is 4.57. The van der Waals surface area contributed by atoms with E-state index in [1.165, 1.54) is 11.1 Å². The van der Waals surface area contributed by atoms with Gasteiger partial charge >= 0.3 is 0 Å². The van der Waals surface area contributed by atoms with Crippen LogP contribution in [0.3, 0.4) is 0 Å². The normalized spacial score (nSPS) is 20.5. The van der Waals surface area contributed by atoms with E-state index in [4.69, 9.17) is 0 Å². The number of aromatic nitrogens is 2. The van der Waals surface area contributed by atoms with E-state index in [0.29, 0.717) is 30.4 Å². The molecule has 2 N–H and O–H groups in total. The second-order valence-corrected chi connectivity index (χ2v) is 9.73. The van der Waals surface area contributed by atoms with Gasteiger partial charge in [0, 0.05) is 41.4 Å². The van der Waals surface area contributed by atoms with Crippen LogP contribution >= 0.6 is 0 Å². The minimum Gasteiger partial charge on any atom is -0.351 e. The molecule has 168 valence electrons. The average molecular weight is 441 g/mol. The first-order valence-corrected chi connectivity index (χ1v) is 11.8. The van der Waals surface area contributed by atoms with E-state index in [1.807, 2.05) is 40.1 Å². The zero-order valence-corrected chi connectivity index (χ0v) is 19.0. The molecule has 0 spiro atoms. The number of fused-ring (bicyclic) bond motifs is 3. The molecule has 33 heavy (non-hydrogen) atoms. The van der Waals surface area contributed by atoms with Gasteiger partial charge in [-0.3, -0.25) is 9.59 Å². The van der Waals surface area contributed by atoms with Crippen LogP contribution in [-0.4, -0.2) is 57.3 Å². The van der Waals surface area contributed by atoms with E-state index in [0.717, 1.165) is 41.2 Å². The fourth-order valence-corrected chi connectivity index (χ4v) is 5.66. The summed E-state index contributed by atoms with van der Waals surface area (Å²) in [6.07, 6.45) is 2.02. The Morgan fingerprint density at radius 3 is 2.06 bits per heavy atom. The third-order valence-corrected chi connectivity index (χ3v) is 7.34. The van der Waals surface area contributed by atoms with Gasteiger partial charge in [-0.15, -0.1) is 0 Å². The smallest absolute Gasteiger partial charge is 0.270 e. The van der Waals surface area contributed by atoms with Gasteiger partial charge in [0.25, 0.3) is 11.8 Å². The van der Waals surface area contributed by atoms with Crippen LogP contribution in [0.5, 0.6) is 0 Å². The van der Waals surface area contributed by atoms with Crippen LogP contribution in [0.15, 0.2) is 48.5 Å². The van der Waals surface area contributed by atoms with Gasteiger partial charge < -0.3 is 19.8 Å². The molecule has 0 unspecified atom stereocenters. The molecule has 2 saturated heterocycles. The number of benzene rings is 2. The first kappa shape index (κ1) is 20.1. The summed E-state index contributed by atoms with van der Waals surface area (Å²) in [5.74, 6) is 0.380. The van der Waals surface area contributed by atoms with Crippen molar-refractivity contribution in [2.24, 2.45) is 5.92 Å². The highest BCUT2D eigenvalue weighted by Crippen LogP contribution is 2.33. The van der Waals surface area contributed by atoms with Gasteiger partial charge in [-0.25, -0.2) is 0 Å². The second-order valence-electron chi connectivity index (χ2n) is 9.73. The molecule has 0 radical (unpaired) electrons. The predicted molar refractivity (Wildman–Crippen MR) is 130 cm³/mol. The number of hydrogen-bond donors (Lipinski definition) is 2. The number of aryl methyl sites for hydroxylation is 2. The number of H-pyrrole nitrogens is 2. The number of rotatable bonds is 2. The Bertz CT molecular complexity index is 1400. The Balaban J connectivity index is 1.24. The third kappa shape index (κ3) is 3.41. The van der Waals surface area contributed by atoms with Crippen molar-refractivity contribution in [3.63, 3.8) is 0 Å². The van der Waals surface area contributed by atoms with E-state index in [2.05, 4.69) is 42.0 Å². The van der Waals surface area contributed by atoms with Crippen LogP contribution in [0.25, 0.3) is 21.8 Å². The van der Waals surface area contributed by atoms with E-state index >= 15 is 0 Å². The van der Waals surface area contributed by atoms with Crippen LogP contribution < -0.4 is 0 Å². The maximum absolute atomic E-state index is 13.5. The van der Waals surface area contributed by atoms with Crippen molar-refractivity contribution in [1.29, 1.82) is 0 Å². The van der Waals surface area contributed by atoms with E-state index in [-0.39, 0.29) is 17.9 Å². The molecular weight excluding hydrogens is 412 g/mol. The van der Waals surface area contributed by atoms with Gasteiger partial charge in [0.1, 0.15) is 11.4 Å². The van der Waals surface area contributed by atoms with Crippen molar-refractivity contribution in [1.82, 2.24) is 19.8 Å². The summed E-state index contributed by atoms with van der Waals surface area (Å²) in [6.45, 7) is 6.14. The quantitative estimate of drug-likeness (QED) is 0.477. The van der Waals surface area contributed by atoms with Gasteiger partial charge in [-0.1, -0.05) is 23.3 Å². The molecule has 4 heterocycles. The lowest BCUT2D eigenvalue weighted by atomic mass is 9.92. The van der Waals surface area contributed by atoms with Gasteiger partial charge in [0.15, 0.2) is 0 Å². The summed E-state index contributed by atoms with van der Waals surface area (Å²) in [7, 11) is 0. The number of likely N-dealkylation sites (tertiary alicyclic amines) is 2. The molecule has 2 aliphatic rings. The highest BCUT2D eigenvalue weighted by atomic mass is 16.2. The number of carbonyl (C=O) groups excluding carboxylic acids is 2. The predicted octanol–water partition coefficient (Wildman–Crippen LogP) is 4.64. The van der Waals surface area contributed by atoms with Gasteiger partial charge in [0.05, 0.1) is 6.04 Å². The Hall–Kier alpha value is -3.54. The summed E-state index contributed by atoms with van der Waals surface area (Å²) >= 11 is 0.